The summed E-state index contributed by atoms with van der Waals surface area (Å²) in [7, 11) is 1.96. The molecule has 8 N–H and O–H groups in total. The molecule has 2 unspecified atom stereocenters. The van der Waals surface area contributed by atoms with E-state index in [1.54, 1.807) is 24.3 Å². The number of rotatable bonds is 10. The molecule has 1 aromatic carbocycles. The van der Waals surface area contributed by atoms with Crippen LogP contribution in [0.5, 0.6) is 5.75 Å². The smallest absolute Gasteiger partial charge is 0.225 e. The van der Waals surface area contributed by atoms with E-state index in [4.69, 9.17) is 27.2 Å². The summed E-state index contributed by atoms with van der Waals surface area (Å²) < 4.78 is 0. The number of phenolic OH excluding ortho intramolecular Hbond substituents is 1. The highest BCUT2D eigenvalue weighted by molar-refractivity contribution is 5.70. The lowest BCUT2D eigenvalue weighted by Crippen LogP contribution is -2.59. The molecule has 1 saturated heterocycles. The Balaban J connectivity index is 1.84. The van der Waals surface area contributed by atoms with E-state index in [0.717, 1.165) is 43.7 Å². The van der Waals surface area contributed by atoms with E-state index in [9.17, 15) is 5.11 Å². The highest BCUT2D eigenvalue weighted by Gasteiger charge is 2.35. The minimum Gasteiger partial charge on any atom is -0.507 e. The monoisotopic (exact) mass is 480 g/mol. The van der Waals surface area contributed by atoms with Gasteiger partial charge in [0.1, 0.15) is 11.6 Å². The molecular weight excluding hydrogens is 440 g/mol. The van der Waals surface area contributed by atoms with Crippen LogP contribution in [0.1, 0.15) is 44.2 Å². The van der Waals surface area contributed by atoms with Crippen molar-refractivity contribution in [3.8, 4) is 5.75 Å². The summed E-state index contributed by atoms with van der Waals surface area (Å²) in [6.45, 7) is 6.72. The molecule has 3 rings (SSSR count). The van der Waals surface area contributed by atoms with Gasteiger partial charge in [0, 0.05) is 48.8 Å². The van der Waals surface area contributed by atoms with Crippen LogP contribution in [0.3, 0.4) is 0 Å². The Labute approximate surface area is 208 Å². The van der Waals surface area contributed by atoms with Crippen LogP contribution >= 0.6 is 0 Å². The van der Waals surface area contributed by atoms with Crippen molar-refractivity contribution in [3.63, 3.8) is 0 Å². The van der Waals surface area contributed by atoms with Crippen molar-refractivity contribution in [1.82, 2.24) is 20.2 Å². The Bertz CT molecular complexity index is 1000. The van der Waals surface area contributed by atoms with Gasteiger partial charge in [-0.3, -0.25) is 0 Å². The van der Waals surface area contributed by atoms with E-state index < -0.39 is 0 Å². The van der Waals surface area contributed by atoms with Gasteiger partial charge < -0.3 is 37.4 Å². The quantitative estimate of drug-likeness (QED) is 0.255. The third-order valence-corrected chi connectivity index (χ3v) is 6.55. The van der Waals surface area contributed by atoms with Crippen LogP contribution in [0.15, 0.2) is 54.3 Å². The number of anilines is 1. The molecule has 0 amide bonds. The van der Waals surface area contributed by atoms with E-state index in [2.05, 4.69) is 29.0 Å². The third-order valence-electron chi connectivity index (χ3n) is 6.55. The van der Waals surface area contributed by atoms with Crippen LogP contribution in [0.4, 0.5) is 5.95 Å². The maximum absolute atomic E-state index is 10.2. The molecule has 0 bridgehead atoms. The predicted octanol–water partition coefficient (Wildman–Crippen LogP) is 2.10. The highest BCUT2D eigenvalue weighted by Crippen LogP contribution is 2.29. The topological polar surface area (TPSA) is 143 Å². The average Bonchev–Trinajstić information content (AvgIpc) is 2.87. The first kappa shape index (κ1) is 26.2. The summed E-state index contributed by atoms with van der Waals surface area (Å²) >= 11 is 0. The van der Waals surface area contributed by atoms with Gasteiger partial charge in [-0.05, 0) is 63.0 Å². The highest BCUT2D eigenvalue weighted by atomic mass is 16.3. The number of benzene rings is 1. The Hall–Kier alpha value is -3.46. The van der Waals surface area contributed by atoms with Crippen LogP contribution in [0.25, 0.3) is 5.70 Å². The van der Waals surface area contributed by atoms with Gasteiger partial charge in [0.05, 0.1) is 5.70 Å². The molecule has 35 heavy (non-hydrogen) atoms. The van der Waals surface area contributed by atoms with Crippen LogP contribution < -0.4 is 27.4 Å². The molecule has 1 aromatic heterocycles. The Kier molecular flexibility index (Phi) is 9.19. The number of nitrogens with two attached hydrogens (primary N) is 3. The van der Waals surface area contributed by atoms with Crippen LogP contribution in [0.2, 0.25) is 0 Å². The molecule has 0 spiro atoms. The second kappa shape index (κ2) is 12.3. The number of piperazine rings is 1. The molecule has 2 heterocycles. The minimum atomic E-state index is 0.116. The summed E-state index contributed by atoms with van der Waals surface area (Å²) in [6.07, 6.45) is 9.49. The molecular formula is C26H40N8O. The molecule has 2 aromatic rings. The predicted molar refractivity (Wildman–Crippen MR) is 142 cm³/mol. The second-order valence-corrected chi connectivity index (χ2v) is 8.99. The van der Waals surface area contributed by atoms with Crippen molar-refractivity contribution in [2.75, 3.05) is 31.6 Å². The van der Waals surface area contributed by atoms with E-state index in [0.29, 0.717) is 30.0 Å². The molecule has 0 radical (unpaired) electrons. The summed E-state index contributed by atoms with van der Waals surface area (Å²) in [5, 5.41) is 13.4. The third kappa shape index (κ3) is 6.36. The van der Waals surface area contributed by atoms with E-state index >= 15 is 0 Å². The fraction of sp³-hybridized carbons (Fsp3) is 0.462. The number of phenols is 1. The molecule has 0 aliphatic carbocycles. The fourth-order valence-electron chi connectivity index (χ4n) is 4.61. The summed E-state index contributed by atoms with van der Waals surface area (Å²) in [5.41, 5.74) is 21.4. The van der Waals surface area contributed by atoms with Gasteiger partial charge in [-0.1, -0.05) is 26.0 Å². The molecule has 9 nitrogen and oxygen atoms in total. The number of aryl methyl sites for hydroxylation is 1. The van der Waals surface area contributed by atoms with Gasteiger partial charge in [-0.2, -0.15) is 0 Å². The van der Waals surface area contributed by atoms with Crippen LogP contribution in [0, 0.1) is 0 Å². The molecule has 190 valence electrons. The number of nitrogens with zero attached hydrogens (tertiary/aromatic N) is 4. The Morgan fingerprint density at radius 2 is 1.71 bits per heavy atom. The molecule has 0 saturated carbocycles. The lowest BCUT2D eigenvalue weighted by atomic mass is 10.0. The number of aromatic nitrogens is 2. The summed E-state index contributed by atoms with van der Waals surface area (Å²) in [5.74, 6) is 1.07. The van der Waals surface area contributed by atoms with Gasteiger partial charge in [0.15, 0.2) is 0 Å². The largest absolute Gasteiger partial charge is 0.507 e. The number of hydrogen-bond donors (Lipinski definition) is 5. The van der Waals surface area contributed by atoms with Crippen LogP contribution in [-0.2, 0) is 6.42 Å². The van der Waals surface area contributed by atoms with Crippen molar-refractivity contribution in [1.29, 1.82) is 0 Å². The second-order valence-electron chi connectivity index (χ2n) is 8.99. The van der Waals surface area contributed by atoms with Gasteiger partial charge in [0.2, 0.25) is 5.95 Å². The lowest BCUT2D eigenvalue weighted by molar-refractivity contribution is 0.227. The maximum atomic E-state index is 10.2. The zero-order valence-corrected chi connectivity index (χ0v) is 21.1. The number of para-hydroxylation sites is 1. The van der Waals surface area contributed by atoms with Crippen molar-refractivity contribution in [3.05, 3.63) is 65.4 Å². The zero-order valence-electron chi connectivity index (χ0n) is 21.1. The lowest BCUT2D eigenvalue weighted by Gasteiger charge is -2.47. The number of allylic oxidation sites excluding steroid dienone is 1. The van der Waals surface area contributed by atoms with Crippen molar-refractivity contribution >= 4 is 11.6 Å². The molecule has 9 heteroatoms. The zero-order chi connectivity index (χ0) is 25.4. The molecule has 1 fully saturated rings. The van der Waals surface area contributed by atoms with Crippen molar-refractivity contribution in [2.24, 2.45) is 17.2 Å². The first-order valence-corrected chi connectivity index (χ1v) is 12.4. The summed E-state index contributed by atoms with van der Waals surface area (Å²) in [6, 6.07) is 7.32. The summed E-state index contributed by atoms with van der Waals surface area (Å²) in [4.78, 5) is 14.0. The van der Waals surface area contributed by atoms with E-state index in [1.807, 2.05) is 25.5 Å². The molecule has 1 aliphatic rings. The molecule has 1 aliphatic heterocycles. The number of nitrogens with one attached hydrogen (secondary N) is 1. The van der Waals surface area contributed by atoms with E-state index in [-0.39, 0.29) is 23.7 Å². The standard InChI is InChI=1S/C26H40N8O/c1-4-19-16-33(23(25(28)29)13-22(27)21-10-6-7-11-24(21)35)17-20(5-2)34(19)26-31-14-18(15-32-26)9-8-12-30-3/h6-7,10-11,13-15,19-20,30,35H,4-5,8-9,12,16-17,27-29H2,1-3H3/b22-13-. The normalized spacial score (nSPS) is 18.5. The first-order chi connectivity index (χ1) is 16.9. The van der Waals surface area contributed by atoms with E-state index in [1.165, 1.54) is 0 Å². The van der Waals surface area contributed by atoms with Crippen LogP contribution in [-0.4, -0.2) is 58.7 Å². The Morgan fingerprint density at radius 3 is 2.26 bits per heavy atom. The maximum Gasteiger partial charge on any atom is 0.225 e. The Morgan fingerprint density at radius 1 is 1.09 bits per heavy atom. The molecule has 2 atom stereocenters. The average molecular weight is 481 g/mol. The minimum absolute atomic E-state index is 0.116. The fourth-order valence-corrected chi connectivity index (χ4v) is 4.61. The first-order valence-electron chi connectivity index (χ1n) is 12.4. The number of aromatic hydroxyl groups is 1. The van der Waals surface area contributed by atoms with Gasteiger partial charge in [0.25, 0.3) is 0 Å². The van der Waals surface area contributed by atoms with Gasteiger partial charge in [-0.15, -0.1) is 0 Å². The number of hydrogen-bond acceptors (Lipinski definition) is 9. The van der Waals surface area contributed by atoms with Gasteiger partial charge in [-0.25, -0.2) is 9.97 Å². The van der Waals surface area contributed by atoms with Gasteiger partial charge >= 0.3 is 0 Å². The van der Waals surface area contributed by atoms with Crippen molar-refractivity contribution in [2.45, 2.75) is 51.6 Å². The SMILES string of the molecule is CCC1CN(C(/C=C(\N)c2ccccc2O)=C(N)N)CC(CC)N1c1ncc(CCCNC)cn1. The van der Waals surface area contributed by atoms with Crippen molar-refractivity contribution < 1.29 is 5.11 Å².